The van der Waals surface area contributed by atoms with Crippen molar-refractivity contribution in [2.75, 3.05) is 0 Å². The summed E-state index contributed by atoms with van der Waals surface area (Å²) in [5.74, 6) is -0.506. The van der Waals surface area contributed by atoms with Crippen LogP contribution in [0.15, 0.2) is 12.5 Å². The maximum absolute atomic E-state index is 11.0. The van der Waals surface area contributed by atoms with Crippen LogP contribution in [-0.2, 0) is 13.6 Å². The summed E-state index contributed by atoms with van der Waals surface area (Å²) in [5, 5.41) is 17.0. The van der Waals surface area contributed by atoms with Crippen LogP contribution < -0.4 is 0 Å². The number of hydrogen-bond acceptors (Lipinski definition) is 4. The molecule has 2 heterocycles. The highest BCUT2D eigenvalue weighted by Gasteiger charge is 2.20. The SMILES string of the molecule is CCn1ncnc1-c1c(C(=O)O)cnn1C. The third kappa shape index (κ3) is 1.46. The van der Waals surface area contributed by atoms with Gasteiger partial charge in [-0.25, -0.2) is 14.5 Å². The number of nitrogens with zero attached hydrogens (tertiary/aromatic N) is 5. The molecule has 0 saturated heterocycles. The Hall–Kier alpha value is -2.18. The Morgan fingerprint density at radius 3 is 2.88 bits per heavy atom. The quantitative estimate of drug-likeness (QED) is 0.810. The molecule has 0 aromatic carbocycles. The second-order valence-electron chi connectivity index (χ2n) is 3.24. The number of aromatic carboxylic acids is 1. The normalized spacial score (nSPS) is 10.6. The molecule has 84 valence electrons. The lowest BCUT2D eigenvalue weighted by molar-refractivity contribution is 0.0697. The van der Waals surface area contributed by atoms with E-state index in [0.717, 1.165) is 0 Å². The Morgan fingerprint density at radius 2 is 2.25 bits per heavy atom. The van der Waals surface area contributed by atoms with Crippen molar-refractivity contribution in [1.29, 1.82) is 0 Å². The fourth-order valence-corrected chi connectivity index (χ4v) is 1.54. The minimum atomic E-state index is -1.02. The van der Waals surface area contributed by atoms with E-state index < -0.39 is 5.97 Å². The maximum atomic E-state index is 11.0. The van der Waals surface area contributed by atoms with Crippen LogP contribution in [0.1, 0.15) is 17.3 Å². The van der Waals surface area contributed by atoms with Crippen LogP contribution in [0.4, 0.5) is 0 Å². The zero-order chi connectivity index (χ0) is 11.7. The first-order valence-corrected chi connectivity index (χ1v) is 4.78. The summed E-state index contributed by atoms with van der Waals surface area (Å²) in [6, 6.07) is 0. The Balaban J connectivity index is 2.63. The van der Waals surface area contributed by atoms with Crippen molar-refractivity contribution < 1.29 is 9.90 Å². The van der Waals surface area contributed by atoms with Crippen LogP contribution in [0, 0.1) is 0 Å². The van der Waals surface area contributed by atoms with Crippen LogP contribution in [0.5, 0.6) is 0 Å². The molecule has 0 amide bonds. The highest BCUT2D eigenvalue weighted by atomic mass is 16.4. The molecular weight excluding hydrogens is 210 g/mol. The van der Waals surface area contributed by atoms with Gasteiger partial charge in [-0.05, 0) is 6.92 Å². The van der Waals surface area contributed by atoms with E-state index in [1.165, 1.54) is 17.2 Å². The standard InChI is InChI=1S/C9H11N5O2/c1-3-14-8(10-5-12-14)7-6(9(15)16)4-11-13(7)2/h4-5H,3H2,1-2H3,(H,15,16). The number of hydrogen-bond donors (Lipinski definition) is 1. The van der Waals surface area contributed by atoms with Gasteiger partial charge in [0, 0.05) is 13.6 Å². The molecule has 2 aromatic rings. The van der Waals surface area contributed by atoms with Crippen LogP contribution in [-0.4, -0.2) is 35.6 Å². The van der Waals surface area contributed by atoms with Gasteiger partial charge in [0.05, 0.1) is 6.20 Å². The second-order valence-corrected chi connectivity index (χ2v) is 3.24. The zero-order valence-electron chi connectivity index (χ0n) is 8.95. The van der Waals surface area contributed by atoms with E-state index in [2.05, 4.69) is 15.2 Å². The van der Waals surface area contributed by atoms with Gasteiger partial charge in [0.2, 0.25) is 0 Å². The first-order chi connectivity index (χ1) is 7.65. The Morgan fingerprint density at radius 1 is 1.50 bits per heavy atom. The van der Waals surface area contributed by atoms with E-state index in [-0.39, 0.29) is 5.56 Å². The van der Waals surface area contributed by atoms with Crippen LogP contribution >= 0.6 is 0 Å². The summed E-state index contributed by atoms with van der Waals surface area (Å²) >= 11 is 0. The van der Waals surface area contributed by atoms with Crippen molar-refractivity contribution in [3.05, 3.63) is 18.1 Å². The molecule has 7 nitrogen and oxygen atoms in total. The topological polar surface area (TPSA) is 85.8 Å². The Labute approximate surface area is 91.3 Å². The van der Waals surface area contributed by atoms with Gasteiger partial charge in [0.1, 0.15) is 17.6 Å². The highest BCUT2D eigenvalue weighted by Crippen LogP contribution is 2.20. The van der Waals surface area contributed by atoms with Gasteiger partial charge in [-0.3, -0.25) is 4.68 Å². The lowest BCUT2D eigenvalue weighted by Crippen LogP contribution is -2.07. The minimum absolute atomic E-state index is 0.130. The van der Waals surface area contributed by atoms with Crippen molar-refractivity contribution in [2.45, 2.75) is 13.5 Å². The molecule has 7 heteroatoms. The molecule has 0 aliphatic carbocycles. The molecule has 0 bridgehead atoms. The summed E-state index contributed by atoms with van der Waals surface area (Å²) < 4.78 is 3.11. The first kappa shape index (κ1) is 10.3. The molecule has 2 aromatic heterocycles. The molecule has 2 rings (SSSR count). The van der Waals surface area contributed by atoms with Crippen molar-refractivity contribution in [1.82, 2.24) is 24.5 Å². The number of carbonyl (C=O) groups is 1. The molecule has 0 saturated carbocycles. The second kappa shape index (κ2) is 3.76. The fourth-order valence-electron chi connectivity index (χ4n) is 1.54. The van der Waals surface area contributed by atoms with Crippen LogP contribution in [0.3, 0.4) is 0 Å². The third-order valence-electron chi connectivity index (χ3n) is 2.30. The van der Waals surface area contributed by atoms with Crippen molar-refractivity contribution in [3.63, 3.8) is 0 Å². The summed E-state index contributed by atoms with van der Waals surface area (Å²) in [4.78, 5) is 15.1. The van der Waals surface area contributed by atoms with Crippen molar-refractivity contribution >= 4 is 5.97 Å². The highest BCUT2D eigenvalue weighted by molar-refractivity contribution is 5.93. The van der Waals surface area contributed by atoms with E-state index in [1.54, 1.807) is 11.7 Å². The molecule has 0 atom stereocenters. The molecular formula is C9H11N5O2. The summed E-state index contributed by atoms with van der Waals surface area (Å²) in [6.45, 7) is 2.54. The fraction of sp³-hybridized carbons (Fsp3) is 0.333. The number of aromatic nitrogens is 5. The average molecular weight is 221 g/mol. The molecule has 0 aliphatic heterocycles. The first-order valence-electron chi connectivity index (χ1n) is 4.78. The Kier molecular flexibility index (Phi) is 2.43. The van der Waals surface area contributed by atoms with Gasteiger partial charge in [-0.1, -0.05) is 0 Å². The van der Waals surface area contributed by atoms with Gasteiger partial charge in [-0.2, -0.15) is 10.2 Å². The molecule has 0 spiro atoms. The summed E-state index contributed by atoms with van der Waals surface area (Å²) in [5.41, 5.74) is 0.594. The summed E-state index contributed by atoms with van der Waals surface area (Å²) in [6.07, 6.45) is 2.71. The van der Waals surface area contributed by atoms with Gasteiger partial charge in [0.25, 0.3) is 0 Å². The maximum Gasteiger partial charge on any atom is 0.339 e. The molecule has 16 heavy (non-hydrogen) atoms. The lowest BCUT2D eigenvalue weighted by Gasteiger charge is -2.04. The average Bonchev–Trinajstić information content (AvgIpc) is 2.82. The van der Waals surface area contributed by atoms with Crippen LogP contribution in [0.2, 0.25) is 0 Å². The van der Waals surface area contributed by atoms with Crippen molar-refractivity contribution in [3.8, 4) is 11.5 Å². The molecule has 0 aliphatic rings. The number of carboxylic acids is 1. The van der Waals surface area contributed by atoms with Crippen LogP contribution in [0.25, 0.3) is 11.5 Å². The lowest BCUT2D eigenvalue weighted by atomic mass is 10.2. The predicted octanol–water partition coefficient (Wildman–Crippen LogP) is 0.397. The largest absolute Gasteiger partial charge is 0.478 e. The molecule has 0 unspecified atom stereocenters. The minimum Gasteiger partial charge on any atom is -0.478 e. The monoisotopic (exact) mass is 221 g/mol. The molecule has 0 radical (unpaired) electrons. The summed E-state index contributed by atoms with van der Waals surface area (Å²) in [7, 11) is 1.68. The van der Waals surface area contributed by atoms with Gasteiger partial charge >= 0.3 is 5.97 Å². The third-order valence-corrected chi connectivity index (χ3v) is 2.30. The van der Waals surface area contributed by atoms with E-state index in [4.69, 9.17) is 5.11 Å². The van der Waals surface area contributed by atoms with Gasteiger partial charge in [-0.15, -0.1) is 0 Å². The number of rotatable bonds is 3. The predicted molar refractivity (Wildman–Crippen MR) is 54.9 cm³/mol. The molecule has 1 N–H and O–H groups in total. The Bertz CT molecular complexity index is 528. The van der Waals surface area contributed by atoms with E-state index in [1.807, 2.05) is 6.92 Å². The van der Waals surface area contributed by atoms with E-state index >= 15 is 0 Å². The zero-order valence-corrected chi connectivity index (χ0v) is 8.95. The smallest absolute Gasteiger partial charge is 0.339 e. The molecule has 0 fully saturated rings. The van der Waals surface area contributed by atoms with E-state index in [0.29, 0.717) is 18.1 Å². The van der Waals surface area contributed by atoms with Crippen molar-refractivity contribution in [2.24, 2.45) is 7.05 Å². The van der Waals surface area contributed by atoms with Gasteiger partial charge < -0.3 is 5.11 Å². The number of carboxylic acid groups (broad SMARTS) is 1. The number of aryl methyl sites for hydroxylation is 2. The van der Waals surface area contributed by atoms with Gasteiger partial charge in [0.15, 0.2) is 5.82 Å². The van der Waals surface area contributed by atoms with E-state index in [9.17, 15) is 4.79 Å².